The molecule has 0 unspecified atom stereocenters. The van der Waals surface area contributed by atoms with E-state index in [1.54, 1.807) is 4.68 Å². The van der Waals surface area contributed by atoms with Crippen LogP contribution in [-0.2, 0) is 13.6 Å². The molecule has 4 nitrogen and oxygen atoms in total. The number of aromatic nitrogens is 3. The van der Waals surface area contributed by atoms with Gasteiger partial charge in [0.25, 0.3) is 0 Å². The summed E-state index contributed by atoms with van der Waals surface area (Å²) in [6.07, 6.45) is 0. The van der Waals surface area contributed by atoms with Crippen molar-refractivity contribution < 1.29 is 0 Å². The highest BCUT2D eigenvalue weighted by atomic mass is 15.3. The van der Waals surface area contributed by atoms with E-state index in [9.17, 15) is 0 Å². The molecule has 2 N–H and O–H groups in total. The first-order chi connectivity index (χ1) is 8.52. The normalized spacial score (nSPS) is 11.2. The van der Waals surface area contributed by atoms with Crippen molar-refractivity contribution in [1.29, 1.82) is 0 Å². The Hall–Kier alpha value is -1.68. The van der Waals surface area contributed by atoms with Gasteiger partial charge in [0, 0.05) is 12.6 Å². The van der Waals surface area contributed by atoms with E-state index in [2.05, 4.69) is 49.1 Å². The summed E-state index contributed by atoms with van der Waals surface area (Å²) in [6.45, 7) is 6.85. The van der Waals surface area contributed by atoms with Crippen molar-refractivity contribution in [1.82, 2.24) is 14.8 Å². The Morgan fingerprint density at radius 3 is 2.61 bits per heavy atom. The van der Waals surface area contributed by atoms with E-state index in [1.165, 1.54) is 11.1 Å². The second kappa shape index (κ2) is 4.90. The van der Waals surface area contributed by atoms with Crippen LogP contribution in [0.1, 0.15) is 36.7 Å². The molecule has 0 amide bonds. The van der Waals surface area contributed by atoms with Crippen LogP contribution in [0.4, 0.5) is 0 Å². The highest BCUT2D eigenvalue weighted by molar-refractivity contribution is 5.61. The molecule has 0 saturated carbocycles. The van der Waals surface area contributed by atoms with Crippen molar-refractivity contribution in [3.63, 3.8) is 0 Å². The number of benzene rings is 1. The van der Waals surface area contributed by atoms with Gasteiger partial charge in [-0.2, -0.15) is 5.10 Å². The van der Waals surface area contributed by atoms with Crippen LogP contribution in [-0.4, -0.2) is 14.8 Å². The van der Waals surface area contributed by atoms with Crippen LogP contribution < -0.4 is 5.73 Å². The van der Waals surface area contributed by atoms with Gasteiger partial charge >= 0.3 is 0 Å². The van der Waals surface area contributed by atoms with Crippen LogP contribution in [0.15, 0.2) is 18.2 Å². The Morgan fingerprint density at radius 1 is 1.33 bits per heavy atom. The first kappa shape index (κ1) is 12.8. The number of hydrogen-bond donors (Lipinski definition) is 1. The Kier molecular flexibility index (Phi) is 3.48. The third kappa shape index (κ3) is 2.29. The fraction of sp³-hybridized carbons (Fsp3) is 0.429. The highest BCUT2D eigenvalue weighted by Crippen LogP contribution is 2.26. The van der Waals surface area contributed by atoms with E-state index in [0.29, 0.717) is 18.3 Å². The highest BCUT2D eigenvalue weighted by Gasteiger charge is 2.12. The standard InChI is InChI=1S/C14H20N4/c1-9(2)11-6-5-10(3)12(7-11)14-16-13(8-15)17-18(14)4/h5-7,9H,8,15H2,1-4H3. The van der Waals surface area contributed by atoms with Gasteiger partial charge in [0.05, 0.1) is 6.54 Å². The maximum atomic E-state index is 5.59. The van der Waals surface area contributed by atoms with Gasteiger partial charge in [-0.15, -0.1) is 0 Å². The summed E-state index contributed by atoms with van der Waals surface area (Å²) in [5.41, 5.74) is 9.24. The van der Waals surface area contributed by atoms with Crippen LogP contribution in [0.5, 0.6) is 0 Å². The Morgan fingerprint density at radius 2 is 2.06 bits per heavy atom. The first-order valence-electron chi connectivity index (χ1n) is 6.23. The van der Waals surface area contributed by atoms with E-state index in [1.807, 2.05) is 7.05 Å². The average Bonchev–Trinajstić information content (AvgIpc) is 2.71. The minimum atomic E-state index is 0.372. The van der Waals surface area contributed by atoms with Crippen molar-refractivity contribution >= 4 is 0 Å². The molecule has 2 rings (SSSR count). The first-order valence-corrected chi connectivity index (χ1v) is 6.23. The van der Waals surface area contributed by atoms with Crippen LogP contribution >= 0.6 is 0 Å². The molecule has 96 valence electrons. The van der Waals surface area contributed by atoms with Gasteiger partial charge in [0.1, 0.15) is 0 Å². The molecule has 0 fully saturated rings. The fourth-order valence-corrected chi connectivity index (χ4v) is 2.00. The summed E-state index contributed by atoms with van der Waals surface area (Å²) in [5, 5.41) is 4.30. The smallest absolute Gasteiger partial charge is 0.164 e. The number of nitrogens with zero attached hydrogens (tertiary/aromatic N) is 3. The largest absolute Gasteiger partial charge is 0.324 e. The Bertz CT molecular complexity index is 555. The lowest BCUT2D eigenvalue weighted by molar-refractivity contribution is 0.748. The van der Waals surface area contributed by atoms with Crippen molar-refractivity contribution in [2.45, 2.75) is 33.2 Å². The van der Waals surface area contributed by atoms with Crippen molar-refractivity contribution in [3.05, 3.63) is 35.2 Å². The molecule has 1 aromatic carbocycles. The monoisotopic (exact) mass is 244 g/mol. The third-order valence-corrected chi connectivity index (χ3v) is 3.16. The van der Waals surface area contributed by atoms with Crippen LogP contribution in [0.3, 0.4) is 0 Å². The van der Waals surface area contributed by atoms with E-state index in [4.69, 9.17) is 5.73 Å². The predicted molar refractivity (Wildman–Crippen MR) is 73.2 cm³/mol. The van der Waals surface area contributed by atoms with Crippen LogP contribution in [0.25, 0.3) is 11.4 Å². The zero-order valence-electron chi connectivity index (χ0n) is 11.4. The van der Waals surface area contributed by atoms with Crippen LogP contribution in [0.2, 0.25) is 0 Å². The fourth-order valence-electron chi connectivity index (χ4n) is 2.00. The minimum Gasteiger partial charge on any atom is -0.324 e. The van der Waals surface area contributed by atoms with Gasteiger partial charge in [-0.1, -0.05) is 26.0 Å². The van der Waals surface area contributed by atoms with Gasteiger partial charge in [0.15, 0.2) is 11.6 Å². The summed E-state index contributed by atoms with van der Waals surface area (Å²) >= 11 is 0. The molecule has 1 heterocycles. The van der Waals surface area contributed by atoms with E-state index in [0.717, 1.165) is 11.4 Å². The average molecular weight is 244 g/mol. The summed E-state index contributed by atoms with van der Waals surface area (Å²) in [6, 6.07) is 6.51. The lowest BCUT2D eigenvalue weighted by Gasteiger charge is -2.10. The molecule has 0 bridgehead atoms. The van der Waals surface area contributed by atoms with Gasteiger partial charge in [-0.3, -0.25) is 0 Å². The summed E-state index contributed by atoms with van der Waals surface area (Å²) < 4.78 is 1.80. The molecule has 18 heavy (non-hydrogen) atoms. The molecule has 0 aliphatic rings. The number of aryl methyl sites for hydroxylation is 2. The van der Waals surface area contributed by atoms with Gasteiger partial charge in [0.2, 0.25) is 0 Å². The molecule has 0 aliphatic carbocycles. The molecule has 2 aromatic rings. The topological polar surface area (TPSA) is 56.7 Å². The number of hydrogen-bond acceptors (Lipinski definition) is 3. The molecule has 0 spiro atoms. The molecule has 0 saturated heterocycles. The van der Waals surface area contributed by atoms with Gasteiger partial charge in [-0.25, -0.2) is 9.67 Å². The van der Waals surface area contributed by atoms with E-state index in [-0.39, 0.29) is 0 Å². The Balaban J connectivity index is 2.54. The third-order valence-electron chi connectivity index (χ3n) is 3.16. The SMILES string of the molecule is Cc1ccc(C(C)C)cc1-c1nc(CN)nn1C. The van der Waals surface area contributed by atoms with E-state index < -0.39 is 0 Å². The second-order valence-corrected chi connectivity index (χ2v) is 4.91. The zero-order valence-corrected chi connectivity index (χ0v) is 11.4. The molecule has 0 atom stereocenters. The van der Waals surface area contributed by atoms with Crippen molar-refractivity contribution in [2.24, 2.45) is 12.8 Å². The minimum absolute atomic E-state index is 0.372. The van der Waals surface area contributed by atoms with Crippen LogP contribution in [0, 0.1) is 6.92 Å². The molecule has 1 aromatic heterocycles. The number of nitrogens with two attached hydrogens (primary N) is 1. The molecule has 4 heteroatoms. The molecular weight excluding hydrogens is 224 g/mol. The molecule has 0 aliphatic heterocycles. The summed E-state index contributed by atoms with van der Waals surface area (Å²) in [5.74, 6) is 2.07. The Labute approximate surface area is 108 Å². The maximum Gasteiger partial charge on any atom is 0.164 e. The lowest BCUT2D eigenvalue weighted by atomic mass is 9.97. The zero-order chi connectivity index (χ0) is 13.3. The maximum absolute atomic E-state index is 5.59. The molecular formula is C14H20N4. The number of rotatable bonds is 3. The predicted octanol–water partition coefficient (Wildman–Crippen LogP) is 2.37. The summed E-state index contributed by atoms with van der Waals surface area (Å²) in [7, 11) is 1.91. The lowest BCUT2D eigenvalue weighted by Crippen LogP contribution is -1.99. The van der Waals surface area contributed by atoms with Crippen molar-refractivity contribution in [2.75, 3.05) is 0 Å². The van der Waals surface area contributed by atoms with E-state index >= 15 is 0 Å². The van der Waals surface area contributed by atoms with Crippen molar-refractivity contribution in [3.8, 4) is 11.4 Å². The quantitative estimate of drug-likeness (QED) is 0.901. The van der Waals surface area contributed by atoms with Gasteiger partial charge in [-0.05, 0) is 30.0 Å². The second-order valence-electron chi connectivity index (χ2n) is 4.91. The molecule has 0 radical (unpaired) electrons. The summed E-state index contributed by atoms with van der Waals surface area (Å²) in [4.78, 5) is 4.49. The van der Waals surface area contributed by atoms with Gasteiger partial charge < -0.3 is 5.73 Å².